The molecular formula is C15H12N4OS. The van der Waals surface area contributed by atoms with Gasteiger partial charge in [0, 0.05) is 11.1 Å². The fourth-order valence-electron chi connectivity index (χ4n) is 2.02. The van der Waals surface area contributed by atoms with Crippen molar-refractivity contribution in [1.29, 1.82) is 5.26 Å². The van der Waals surface area contributed by atoms with E-state index in [0.29, 0.717) is 10.7 Å². The molecule has 0 saturated heterocycles. The van der Waals surface area contributed by atoms with Gasteiger partial charge in [0.25, 0.3) is 0 Å². The molecule has 0 aliphatic heterocycles. The molecule has 2 aromatic heterocycles. The maximum atomic E-state index is 9.87. The highest BCUT2D eigenvalue weighted by Gasteiger charge is 2.13. The SMILES string of the molecule is CC(O)c1ccc(C#N)cc1Sc1nnc2ccccn12. The van der Waals surface area contributed by atoms with Gasteiger partial charge in [0.2, 0.25) is 0 Å². The van der Waals surface area contributed by atoms with Crippen LogP contribution in [-0.2, 0) is 0 Å². The van der Waals surface area contributed by atoms with E-state index in [0.717, 1.165) is 16.1 Å². The number of hydrogen-bond donors (Lipinski definition) is 1. The van der Waals surface area contributed by atoms with Crippen LogP contribution in [0.1, 0.15) is 24.2 Å². The van der Waals surface area contributed by atoms with E-state index in [2.05, 4.69) is 16.3 Å². The van der Waals surface area contributed by atoms with E-state index in [9.17, 15) is 5.11 Å². The van der Waals surface area contributed by atoms with Crippen molar-refractivity contribution >= 4 is 17.4 Å². The third kappa shape index (κ3) is 2.61. The van der Waals surface area contributed by atoms with Gasteiger partial charge >= 0.3 is 0 Å². The third-order valence-electron chi connectivity index (χ3n) is 3.08. The first-order valence-corrected chi connectivity index (χ1v) is 7.20. The molecule has 0 spiro atoms. The number of aromatic nitrogens is 3. The summed E-state index contributed by atoms with van der Waals surface area (Å²) in [5, 5.41) is 27.9. The molecule has 3 aromatic rings. The Balaban J connectivity index is 2.06. The van der Waals surface area contributed by atoms with Gasteiger partial charge in [0.15, 0.2) is 10.8 Å². The molecule has 21 heavy (non-hydrogen) atoms. The lowest BCUT2D eigenvalue weighted by atomic mass is 10.1. The Labute approximate surface area is 125 Å². The molecule has 0 fully saturated rings. The van der Waals surface area contributed by atoms with Crippen LogP contribution in [0.4, 0.5) is 0 Å². The quantitative estimate of drug-likeness (QED) is 0.804. The van der Waals surface area contributed by atoms with Gasteiger partial charge < -0.3 is 5.11 Å². The van der Waals surface area contributed by atoms with Gasteiger partial charge in [-0.25, -0.2) is 0 Å². The van der Waals surface area contributed by atoms with E-state index in [1.165, 1.54) is 11.8 Å². The van der Waals surface area contributed by atoms with Crippen LogP contribution in [0.5, 0.6) is 0 Å². The monoisotopic (exact) mass is 296 g/mol. The van der Waals surface area contributed by atoms with E-state index in [4.69, 9.17) is 5.26 Å². The Bertz CT molecular complexity index is 835. The van der Waals surface area contributed by atoms with Crippen molar-refractivity contribution in [3.05, 3.63) is 53.7 Å². The number of rotatable bonds is 3. The molecule has 0 saturated carbocycles. The summed E-state index contributed by atoms with van der Waals surface area (Å²) in [5.41, 5.74) is 2.08. The molecular weight excluding hydrogens is 284 g/mol. The molecule has 0 aliphatic carbocycles. The van der Waals surface area contributed by atoms with Crippen molar-refractivity contribution in [1.82, 2.24) is 14.6 Å². The van der Waals surface area contributed by atoms with Crippen LogP contribution >= 0.6 is 11.8 Å². The first-order valence-electron chi connectivity index (χ1n) is 6.39. The molecule has 2 heterocycles. The summed E-state index contributed by atoms with van der Waals surface area (Å²) in [6.45, 7) is 1.70. The zero-order chi connectivity index (χ0) is 14.8. The summed E-state index contributed by atoms with van der Waals surface area (Å²) >= 11 is 1.39. The molecule has 104 valence electrons. The minimum absolute atomic E-state index is 0.552. The van der Waals surface area contributed by atoms with E-state index in [1.54, 1.807) is 25.1 Å². The highest BCUT2D eigenvalue weighted by atomic mass is 32.2. The van der Waals surface area contributed by atoms with Crippen molar-refractivity contribution in [2.24, 2.45) is 0 Å². The van der Waals surface area contributed by atoms with Gasteiger partial charge in [0.05, 0.1) is 17.7 Å². The predicted octanol–water partition coefficient (Wildman–Crippen LogP) is 2.81. The molecule has 1 aromatic carbocycles. The number of aliphatic hydroxyl groups is 1. The van der Waals surface area contributed by atoms with Crippen molar-refractivity contribution in [3.63, 3.8) is 0 Å². The first-order chi connectivity index (χ1) is 10.2. The van der Waals surface area contributed by atoms with Crippen molar-refractivity contribution in [2.45, 2.75) is 23.1 Å². The zero-order valence-corrected chi connectivity index (χ0v) is 12.1. The second-order valence-corrected chi connectivity index (χ2v) is 5.56. The zero-order valence-electron chi connectivity index (χ0n) is 11.3. The third-order valence-corrected chi connectivity index (χ3v) is 4.11. The van der Waals surface area contributed by atoms with Crippen LogP contribution in [0.15, 0.2) is 52.6 Å². The number of nitrogens with zero attached hydrogens (tertiary/aromatic N) is 4. The lowest BCUT2D eigenvalue weighted by Crippen LogP contribution is -1.96. The number of fused-ring (bicyclic) bond motifs is 1. The summed E-state index contributed by atoms with van der Waals surface area (Å²) in [7, 11) is 0. The lowest BCUT2D eigenvalue weighted by Gasteiger charge is -2.11. The van der Waals surface area contributed by atoms with Crippen LogP contribution in [0.2, 0.25) is 0 Å². The molecule has 1 atom stereocenters. The van der Waals surface area contributed by atoms with E-state index in [-0.39, 0.29) is 0 Å². The molecule has 1 N–H and O–H groups in total. The fourth-order valence-corrected chi connectivity index (χ4v) is 3.10. The van der Waals surface area contributed by atoms with Crippen molar-refractivity contribution < 1.29 is 5.11 Å². The second-order valence-electron chi connectivity index (χ2n) is 4.55. The maximum Gasteiger partial charge on any atom is 0.200 e. The van der Waals surface area contributed by atoms with Gasteiger partial charge in [-0.15, -0.1) is 10.2 Å². The van der Waals surface area contributed by atoms with Crippen LogP contribution in [0.3, 0.4) is 0 Å². The van der Waals surface area contributed by atoms with E-state index in [1.807, 2.05) is 28.8 Å². The maximum absolute atomic E-state index is 9.87. The molecule has 0 amide bonds. The molecule has 3 rings (SSSR count). The number of benzene rings is 1. The summed E-state index contributed by atoms with van der Waals surface area (Å²) in [4.78, 5) is 0.808. The smallest absolute Gasteiger partial charge is 0.200 e. The molecule has 0 radical (unpaired) electrons. The normalized spacial score (nSPS) is 12.2. The topological polar surface area (TPSA) is 74.2 Å². The molecule has 0 aliphatic rings. The summed E-state index contributed by atoms with van der Waals surface area (Å²) < 4.78 is 1.87. The average Bonchev–Trinajstić information content (AvgIpc) is 2.90. The lowest BCUT2D eigenvalue weighted by molar-refractivity contribution is 0.196. The minimum Gasteiger partial charge on any atom is -0.389 e. The first kappa shape index (κ1) is 13.6. The Morgan fingerprint density at radius 3 is 2.90 bits per heavy atom. The van der Waals surface area contributed by atoms with Crippen LogP contribution < -0.4 is 0 Å². The fraction of sp³-hybridized carbons (Fsp3) is 0.133. The van der Waals surface area contributed by atoms with Crippen LogP contribution in [0.25, 0.3) is 5.65 Å². The van der Waals surface area contributed by atoms with E-state index >= 15 is 0 Å². The van der Waals surface area contributed by atoms with Crippen LogP contribution in [-0.4, -0.2) is 19.7 Å². The molecule has 0 bridgehead atoms. The standard InChI is InChI=1S/C15H12N4OS/c1-10(20)12-6-5-11(9-16)8-13(12)21-15-18-17-14-4-2-3-7-19(14)15/h2-8,10,20H,1H3. The molecule has 6 heteroatoms. The number of nitriles is 1. The summed E-state index contributed by atoms with van der Waals surface area (Å²) in [6, 6.07) is 13.0. The minimum atomic E-state index is -0.612. The van der Waals surface area contributed by atoms with Gasteiger partial charge in [-0.3, -0.25) is 4.40 Å². The number of hydrogen-bond acceptors (Lipinski definition) is 5. The number of aliphatic hydroxyl groups excluding tert-OH is 1. The van der Waals surface area contributed by atoms with Gasteiger partial charge in [-0.05, 0) is 48.5 Å². The highest BCUT2D eigenvalue weighted by molar-refractivity contribution is 7.99. The number of pyridine rings is 1. The average molecular weight is 296 g/mol. The van der Waals surface area contributed by atoms with E-state index < -0.39 is 6.10 Å². The Hall–Kier alpha value is -2.36. The Kier molecular flexibility index (Phi) is 3.60. The largest absolute Gasteiger partial charge is 0.389 e. The van der Waals surface area contributed by atoms with Gasteiger partial charge in [0.1, 0.15) is 0 Å². The Morgan fingerprint density at radius 2 is 2.14 bits per heavy atom. The summed E-state index contributed by atoms with van der Waals surface area (Å²) in [6.07, 6.45) is 1.27. The summed E-state index contributed by atoms with van der Waals surface area (Å²) in [5.74, 6) is 0. The van der Waals surface area contributed by atoms with Crippen LogP contribution in [0, 0.1) is 11.3 Å². The second kappa shape index (κ2) is 5.56. The van der Waals surface area contributed by atoms with Crippen molar-refractivity contribution in [2.75, 3.05) is 0 Å². The predicted molar refractivity (Wildman–Crippen MR) is 78.9 cm³/mol. The van der Waals surface area contributed by atoms with Gasteiger partial charge in [-0.2, -0.15) is 5.26 Å². The van der Waals surface area contributed by atoms with Gasteiger partial charge in [-0.1, -0.05) is 12.1 Å². The Morgan fingerprint density at radius 1 is 1.29 bits per heavy atom. The van der Waals surface area contributed by atoms with Crippen molar-refractivity contribution in [3.8, 4) is 6.07 Å². The molecule has 1 unspecified atom stereocenters. The molecule has 5 nitrogen and oxygen atoms in total. The highest BCUT2D eigenvalue weighted by Crippen LogP contribution is 2.33.